The summed E-state index contributed by atoms with van der Waals surface area (Å²) >= 11 is 0. The molecule has 5 heteroatoms. The van der Waals surface area contributed by atoms with Gasteiger partial charge in [-0.3, -0.25) is 9.79 Å². The van der Waals surface area contributed by atoms with Gasteiger partial charge in [-0.1, -0.05) is 13.8 Å². The second kappa shape index (κ2) is 4.69. The predicted molar refractivity (Wildman–Crippen MR) is 68.6 cm³/mol. The maximum Gasteiger partial charge on any atom is 0.275 e. The molecule has 1 heterocycles. The van der Waals surface area contributed by atoms with E-state index in [2.05, 4.69) is 15.2 Å². The number of hydrogen-bond donors (Lipinski definition) is 2. The second-order valence-electron chi connectivity index (χ2n) is 4.78. The van der Waals surface area contributed by atoms with Crippen LogP contribution in [0.3, 0.4) is 0 Å². The van der Waals surface area contributed by atoms with Crippen molar-refractivity contribution in [1.29, 1.82) is 0 Å². The van der Waals surface area contributed by atoms with Crippen LogP contribution in [0.1, 0.15) is 50.3 Å². The molecular formula is C12H18N4O. The Labute approximate surface area is 100 Å². The van der Waals surface area contributed by atoms with E-state index in [-0.39, 0.29) is 11.5 Å². The molecule has 0 aromatic carbocycles. The third-order valence-corrected chi connectivity index (χ3v) is 3.12. The molecule has 3 N–H and O–H groups in total. The Bertz CT molecular complexity index is 486. The minimum Gasteiger partial charge on any atom is -0.396 e. The van der Waals surface area contributed by atoms with Crippen molar-refractivity contribution in [3.05, 3.63) is 21.6 Å². The molecule has 5 nitrogen and oxygen atoms in total. The molecule has 0 saturated heterocycles. The van der Waals surface area contributed by atoms with Crippen LogP contribution in [0.25, 0.3) is 0 Å². The summed E-state index contributed by atoms with van der Waals surface area (Å²) in [5, 5.41) is 6.45. The molecule has 2 rings (SSSR count). The van der Waals surface area contributed by atoms with Gasteiger partial charge in [-0.2, -0.15) is 5.10 Å². The highest BCUT2D eigenvalue weighted by Gasteiger charge is 2.16. The van der Waals surface area contributed by atoms with Crippen LogP contribution in [0.5, 0.6) is 0 Å². The number of hydrogen-bond acceptors (Lipinski definition) is 4. The van der Waals surface area contributed by atoms with Crippen molar-refractivity contribution in [1.82, 2.24) is 10.2 Å². The van der Waals surface area contributed by atoms with Crippen LogP contribution in [0.4, 0.5) is 5.69 Å². The molecule has 0 bridgehead atoms. The second-order valence-corrected chi connectivity index (χ2v) is 4.78. The van der Waals surface area contributed by atoms with E-state index in [4.69, 9.17) is 5.73 Å². The Morgan fingerprint density at radius 1 is 1.53 bits per heavy atom. The molecule has 0 amide bonds. The van der Waals surface area contributed by atoms with E-state index in [1.807, 2.05) is 13.8 Å². The molecule has 0 aliphatic heterocycles. The van der Waals surface area contributed by atoms with E-state index < -0.39 is 0 Å². The van der Waals surface area contributed by atoms with Crippen LogP contribution < -0.4 is 11.3 Å². The number of nitrogens with two attached hydrogens (primary N) is 1. The molecule has 0 spiro atoms. The number of nitrogens with one attached hydrogen (secondary N) is 1. The van der Waals surface area contributed by atoms with Crippen LogP contribution in [-0.4, -0.2) is 22.5 Å². The van der Waals surface area contributed by atoms with E-state index in [9.17, 15) is 4.79 Å². The Kier molecular flexibility index (Phi) is 3.26. The maximum atomic E-state index is 11.6. The molecule has 1 saturated carbocycles. The number of anilines is 1. The average Bonchev–Trinajstić information content (AvgIpc) is 2.19. The van der Waals surface area contributed by atoms with Gasteiger partial charge >= 0.3 is 0 Å². The first-order chi connectivity index (χ1) is 8.09. The van der Waals surface area contributed by atoms with Crippen molar-refractivity contribution in [2.45, 2.75) is 45.1 Å². The number of aliphatic imine (C=N–C) groups is 1. The van der Waals surface area contributed by atoms with E-state index in [0.29, 0.717) is 17.3 Å². The van der Waals surface area contributed by atoms with Crippen molar-refractivity contribution in [3.63, 3.8) is 0 Å². The van der Waals surface area contributed by atoms with Gasteiger partial charge in [-0.25, -0.2) is 5.10 Å². The van der Waals surface area contributed by atoms with Crippen molar-refractivity contribution in [2.24, 2.45) is 4.99 Å². The summed E-state index contributed by atoms with van der Waals surface area (Å²) in [6.45, 7) is 3.98. The summed E-state index contributed by atoms with van der Waals surface area (Å²) in [5.41, 5.74) is 7.30. The summed E-state index contributed by atoms with van der Waals surface area (Å²) in [6, 6.07) is 0.365. The van der Waals surface area contributed by atoms with Gasteiger partial charge < -0.3 is 5.73 Å². The Hall–Kier alpha value is -1.65. The Morgan fingerprint density at radius 2 is 2.24 bits per heavy atom. The minimum atomic E-state index is -0.269. The van der Waals surface area contributed by atoms with E-state index in [1.165, 1.54) is 6.42 Å². The minimum absolute atomic E-state index is 0.183. The standard InChI is InChI=1S/C12H18N4O/c1-7(2)11-10(13)9(12(17)16-15-11)6-14-8-4-3-5-8/h6-8H,3-5H2,1-2H3,(H3,13,16,17). The molecule has 1 aromatic rings. The van der Waals surface area contributed by atoms with E-state index >= 15 is 0 Å². The molecule has 92 valence electrons. The zero-order valence-corrected chi connectivity index (χ0v) is 10.2. The quantitative estimate of drug-likeness (QED) is 0.776. The summed E-state index contributed by atoms with van der Waals surface area (Å²) in [5.74, 6) is 0.183. The average molecular weight is 234 g/mol. The zero-order chi connectivity index (χ0) is 12.4. The van der Waals surface area contributed by atoms with Crippen molar-refractivity contribution in [3.8, 4) is 0 Å². The maximum absolute atomic E-state index is 11.6. The molecule has 0 atom stereocenters. The molecule has 1 aromatic heterocycles. The van der Waals surface area contributed by atoms with Crippen LogP contribution in [0.2, 0.25) is 0 Å². The van der Waals surface area contributed by atoms with Gasteiger partial charge in [0, 0.05) is 12.3 Å². The van der Waals surface area contributed by atoms with Crippen molar-refractivity contribution in [2.75, 3.05) is 5.73 Å². The lowest BCUT2D eigenvalue weighted by atomic mass is 9.94. The lowest BCUT2D eigenvalue weighted by Gasteiger charge is -2.20. The monoisotopic (exact) mass is 234 g/mol. The zero-order valence-electron chi connectivity index (χ0n) is 10.2. The predicted octanol–water partition coefficient (Wildman–Crippen LogP) is 1.45. The normalized spacial score (nSPS) is 16.6. The molecule has 17 heavy (non-hydrogen) atoms. The van der Waals surface area contributed by atoms with Crippen LogP contribution in [0.15, 0.2) is 9.79 Å². The van der Waals surface area contributed by atoms with Crippen LogP contribution >= 0.6 is 0 Å². The first kappa shape index (κ1) is 11.8. The van der Waals surface area contributed by atoms with Gasteiger partial charge in [0.2, 0.25) is 0 Å². The fourth-order valence-electron chi connectivity index (χ4n) is 1.78. The molecule has 1 aliphatic carbocycles. The van der Waals surface area contributed by atoms with Gasteiger partial charge in [-0.15, -0.1) is 0 Å². The van der Waals surface area contributed by atoms with E-state index in [1.54, 1.807) is 6.21 Å². The SMILES string of the molecule is CC(C)c1n[nH]c(=O)c(C=NC2CCC2)c1N. The highest BCUT2D eigenvalue weighted by molar-refractivity contribution is 5.87. The first-order valence-electron chi connectivity index (χ1n) is 6.00. The molecule has 0 radical (unpaired) electrons. The lowest BCUT2D eigenvalue weighted by Crippen LogP contribution is -2.21. The summed E-state index contributed by atoms with van der Waals surface area (Å²) in [4.78, 5) is 16.0. The highest BCUT2D eigenvalue weighted by Crippen LogP contribution is 2.22. The summed E-state index contributed by atoms with van der Waals surface area (Å²) in [7, 11) is 0. The number of aromatic nitrogens is 2. The van der Waals surface area contributed by atoms with Gasteiger partial charge in [-0.05, 0) is 25.2 Å². The van der Waals surface area contributed by atoms with Gasteiger partial charge in [0.15, 0.2) is 0 Å². The smallest absolute Gasteiger partial charge is 0.275 e. The van der Waals surface area contributed by atoms with Gasteiger partial charge in [0.1, 0.15) is 0 Å². The van der Waals surface area contributed by atoms with Crippen molar-refractivity contribution < 1.29 is 0 Å². The Balaban J connectivity index is 2.34. The summed E-state index contributed by atoms with van der Waals surface area (Å²) < 4.78 is 0. The van der Waals surface area contributed by atoms with Crippen molar-refractivity contribution >= 4 is 11.9 Å². The fraction of sp³-hybridized carbons (Fsp3) is 0.583. The summed E-state index contributed by atoms with van der Waals surface area (Å²) in [6.07, 6.45) is 5.04. The fourth-order valence-corrected chi connectivity index (χ4v) is 1.78. The largest absolute Gasteiger partial charge is 0.396 e. The van der Waals surface area contributed by atoms with E-state index in [0.717, 1.165) is 18.5 Å². The van der Waals surface area contributed by atoms with Crippen LogP contribution in [-0.2, 0) is 0 Å². The molecule has 0 unspecified atom stereocenters. The highest BCUT2D eigenvalue weighted by atomic mass is 16.1. The Morgan fingerprint density at radius 3 is 2.76 bits per heavy atom. The first-order valence-corrected chi connectivity index (χ1v) is 6.00. The third-order valence-electron chi connectivity index (χ3n) is 3.12. The number of nitrogens with zero attached hydrogens (tertiary/aromatic N) is 2. The number of H-pyrrole nitrogens is 1. The third kappa shape index (κ3) is 2.38. The van der Waals surface area contributed by atoms with Gasteiger partial charge in [0.05, 0.1) is 16.9 Å². The number of rotatable bonds is 3. The molecular weight excluding hydrogens is 216 g/mol. The topological polar surface area (TPSA) is 84.1 Å². The number of aromatic amines is 1. The molecule has 1 aliphatic rings. The number of nitrogen functional groups attached to an aromatic ring is 1. The van der Waals surface area contributed by atoms with Gasteiger partial charge in [0.25, 0.3) is 5.56 Å². The lowest BCUT2D eigenvalue weighted by molar-refractivity contribution is 0.421. The molecule has 1 fully saturated rings. The van der Waals surface area contributed by atoms with Crippen LogP contribution in [0, 0.1) is 0 Å².